The van der Waals surface area contributed by atoms with E-state index < -0.39 is 0 Å². The molecule has 0 fully saturated rings. The number of nitrogens with two attached hydrogens (primary N) is 1. The minimum absolute atomic E-state index is 0.0419. The van der Waals surface area contributed by atoms with Gasteiger partial charge in [0.2, 0.25) is 0 Å². The van der Waals surface area contributed by atoms with Gasteiger partial charge in [0, 0.05) is 18.1 Å². The average Bonchev–Trinajstić information content (AvgIpc) is 2.46. The summed E-state index contributed by atoms with van der Waals surface area (Å²) in [5.74, 6) is 0. The highest BCUT2D eigenvalue weighted by molar-refractivity contribution is 6.30. The third kappa shape index (κ3) is 3.30. The second kappa shape index (κ2) is 6.25. The first-order valence-electron chi connectivity index (χ1n) is 6.69. The van der Waals surface area contributed by atoms with Crippen LogP contribution in [0, 0.1) is 0 Å². The lowest BCUT2D eigenvalue weighted by Crippen LogP contribution is -2.22. The van der Waals surface area contributed by atoms with E-state index in [1.54, 1.807) is 0 Å². The summed E-state index contributed by atoms with van der Waals surface area (Å²) in [4.78, 5) is 6.57. The fraction of sp³-hybridized carbons (Fsp3) is 0.312. The topological polar surface area (TPSA) is 42.1 Å². The average molecular weight is 290 g/mol. The first kappa shape index (κ1) is 14.8. The normalized spacial score (nSPS) is 13.8. The number of halogens is 1. The molecule has 0 amide bonds. The Hall–Kier alpha value is -1.58. The third-order valence-corrected chi connectivity index (χ3v) is 3.79. The molecule has 20 heavy (non-hydrogen) atoms. The number of pyridine rings is 1. The van der Waals surface area contributed by atoms with E-state index in [0.29, 0.717) is 0 Å². The van der Waals surface area contributed by atoms with Crippen LogP contribution >= 0.6 is 11.6 Å². The van der Waals surface area contributed by atoms with Crippen LogP contribution in [0.4, 0.5) is 5.69 Å². The van der Waals surface area contributed by atoms with E-state index >= 15 is 0 Å². The van der Waals surface area contributed by atoms with Crippen LogP contribution in [0.3, 0.4) is 0 Å². The van der Waals surface area contributed by atoms with Crippen molar-refractivity contribution in [3.8, 4) is 0 Å². The van der Waals surface area contributed by atoms with Gasteiger partial charge in [0.05, 0.1) is 23.6 Å². The Morgan fingerprint density at radius 2 is 1.95 bits per heavy atom. The summed E-state index contributed by atoms with van der Waals surface area (Å²) < 4.78 is 0. The summed E-state index contributed by atoms with van der Waals surface area (Å²) in [6.45, 7) is 4.07. The predicted molar refractivity (Wildman–Crippen MR) is 85.1 cm³/mol. The van der Waals surface area contributed by atoms with Gasteiger partial charge in [-0.25, -0.2) is 0 Å². The fourth-order valence-corrected chi connectivity index (χ4v) is 2.29. The lowest BCUT2D eigenvalue weighted by atomic mass is 10.1. The van der Waals surface area contributed by atoms with Gasteiger partial charge in [-0.05, 0) is 43.7 Å². The molecule has 106 valence electrons. The van der Waals surface area contributed by atoms with Crippen LogP contribution in [0.15, 0.2) is 42.6 Å². The lowest BCUT2D eigenvalue weighted by molar-refractivity contribution is 0.733. The molecule has 0 saturated carbocycles. The number of hydrogen-bond acceptors (Lipinski definition) is 3. The first-order valence-corrected chi connectivity index (χ1v) is 7.06. The molecule has 0 spiro atoms. The van der Waals surface area contributed by atoms with E-state index in [9.17, 15) is 0 Å². The van der Waals surface area contributed by atoms with Gasteiger partial charge in [-0.15, -0.1) is 0 Å². The number of aromatic nitrogens is 1. The summed E-state index contributed by atoms with van der Waals surface area (Å²) in [6, 6.07) is 12.1. The zero-order valence-electron chi connectivity index (χ0n) is 12.0. The van der Waals surface area contributed by atoms with Gasteiger partial charge in [-0.2, -0.15) is 0 Å². The molecule has 1 aromatic heterocycles. The molecule has 0 radical (unpaired) electrons. The van der Waals surface area contributed by atoms with Crippen LogP contribution in [-0.2, 0) is 0 Å². The Morgan fingerprint density at radius 1 is 1.20 bits per heavy atom. The van der Waals surface area contributed by atoms with Crippen molar-refractivity contribution in [2.24, 2.45) is 5.73 Å². The quantitative estimate of drug-likeness (QED) is 0.926. The number of rotatable bonds is 4. The summed E-state index contributed by atoms with van der Waals surface area (Å²) in [5, 5.41) is 0.758. The number of hydrogen-bond donors (Lipinski definition) is 1. The van der Waals surface area contributed by atoms with Crippen LogP contribution in [0.25, 0.3) is 0 Å². The number of nitrogens with zero attached hydrogens (tertiary/aromatic N) is 2. The molecular weight excluding hydrogens is 270 g/mol. The molecule has 0 aliphatic rings. The van der Waals surface area contributed by atoms with Gasteiger partial charge in [-0.3, -0.25) is 4.98 Å². The van der Waals surface area contributed by atoms with Crippen molar-refractivity contribution in [3.63, 3.8) is 0 Å². The molecule has 0 bridgehead atoms. The van der Waals surface area contributed by atoms with Crippen LogP contribution in [0.5, 0.6) is 0 Å². The van der Waals surface area contributed by atoms with Crippen LogP contribution in [0.1, 0.15) is 37.2 Å². The van der Waals surface area contributed by atoms with Gasteiger partial charge < -0.3 is 10.6 Å². The minimum Gasteiger partial charge on any atom is -0.367 e. The molecular formula is C16H20ClN3. The zero-order chi connectivity index (χ0) is 14.7. The van der Waals surface area contributed by atoms with Crippen molar-refractivity contribution >= 4 is 17.3 Å². The second-order valence-corrected chi connectivity index (χ2v) is 5.51. The van der Waals surface area contributed by atoms with Gasteiger partial charge in [0.1, 0.15) is 0 Å². The van der Waals surface area contributed by atoms with Crippen molar-refractivity contribution in [1.29, 1.82) is 0 Å². The Labute approximate surface area is 125 Å². The molecule has 0 saturated heterocycles. The fourth-order valence-electron chi connectivity index (χ4n) is 2.09. The Kier molecular flexibility index (Phi) is 4.63. The highest BCUT2D eigenvalue weighted by Crippen LogP contribution is 2.26. The van der Waals surface area contributed by atoms with Crippen molar-refractivity contribution in [2.75, 3.05) is 11.9 Å². The first-order chi connectivity index (χ1) is 9.49. The minimum atomic E-state index is -0.0419. The lowest BCUT2D eigenvalue weighted by Gasteiger charge is -2.27. The number of anilines is 1. The van der Waals surface area contributed by atoms with Crippen molar-refractivity contribution in [1.82, 2.24) is 4.98 Å². The van der Waals surface area contributed by atoms with Crippen molar-refractivity contribution < 1.29 is 0 Å². The van der Waals surface area contributed by atoms with Crippen LogP contribution in [0.2, 0.25) is 5.02 Å². The molecule has 3 nitrogen and oxygen atoms in total. The van der Waals surface area contributed by atoms with E-state index in [4.69, 9.17) is 17.3 Å². The molecule has 2 aromatic rings. The number of benzene rings is 1. The van der Waals surface area contributed by atoms with E-state index in [0.717, 1.165) is 16.4 Å². The van der Waals surface area contributed by atoms with Gasteiger partial charge in [-0.1, -0.05) is 23.7 Å². The van der Waals surface area contributed by atoms with Gasteiger partial charge >= 0.3 is 0 Å². The van der Waals surface area contributed by atoms with Crippen molar-refractivity contribution in [3.05, 3.63) is 58.9 Å². The Morgan fingerprint density at radius 3 is 2.50 bits per heavy atom. The monoisotopic (exact) mass is 289 g/mol. The highest BCUT2D eigenvalue weighted by Gasteiger charge is 2.13. The largest absolute Gasteiger partial charge is 0.367 e. The molecule has 2 rings (SSSR count). The van der Waals surface area contributed by atoms with E-state index in [1.807, 2.05) is 50.5 Å². The maximum atomic E-state index is 6.05. The van der Waals surface area contributed by atoms with Crippen LogP contribution < -0.4 is 10.6 Å². The summed E-state index contributed by atoms with van der Waals surface area (Å²) >= 11 is 6.05. The summed E-state index contributed by atoms with van der Waals surface area (Å²) in [5.41, 5.74) is 8.95. The smallest absolute Gasteiger partial charge is 0.0569 e. The SMILES string of the molecule is CC(N)c1ccc(N(C)C(C)c2cccc(Cl)c2)cn1. The van der Waals surface area contributed by atoms with Gasteiger partial charge in [0.25, 0.3) is 0 Å². The van der Waals surface area contributed by atoms with Gasteiger partial charge in [0.15, 0.2) is 0 Å². The molecule has 0 aliphatic carbocycles. The van der Waals surface area contributed by atoms with E-state index in [1.165, 1.54) is 5.56 Å². The molecule has 1 aromatic carbocycles. The third-order valence-electron chi connectivity index (χ3n) is 3.56. The molecule has 2 atom stereocenters. The summed E-state index contributed by atoms with van der Waals surface area (Å²) in [7, 11) is 2.05. The zero-order valence-corrected chi connectivity index (χ0v) is 12.8. The second-order valence-electron chi connectivity index (χ2n) is 5.07. The van der Waals surface area contributed by atoms with Crippen LogP contribution in [-0.4, -0.2) is 12.0 Å². The molecule has 0 aliphatic heterocycles. The molecule has 1 heterocycles. The molecule has 4 heteroatoms. The maximum Gasteiger partial charge on any atom is 0.0569 e. The molecule has 2 unspecified atom stereocenters. The predicted octanol–water partition coefficient (Wildman–Crippen LogP) is 3.95. The Bertz CT molecular complexity index is 566. The highest BCUT2D eigenvalue weighted by atomic mass is 35.5. The van der Waals surface area contributed by atoms with Crippen molar-refractivity contribution in [2.45, 2.75) is 25.9 Å². The van der Waals surface area contributed by atoms with E-state index in [-0.39, 0.29) is 12.1 Å². The summed E-state index contributed by atoms with van der Waals surface area (Å²) in [6.07, 6.45) is 1.86. The maximum absolute atomic E-state index is 6.05. The Balaban J connectivity index is 2.20. The van der Waals surface area contributed by atoms with E-state index in [2.05, 4.69) is 22.9 Å². The molecule has 2 N–H and O–H groups in total. The standard InChI is InChI=1S/C16H20ClN3/c1-11(18)16-8-7-15(10-19-16)20(3)12(2)13-5-4-6-14(17)9-13/h4-12H,18H2,1-3H3.